The highest BCUT2D eigenvalue weighted by Crippen LogP contribution is 2.26. The van der Waals surface area contributed by atoms with Gasteiger partial charge < -0.3 is 24.9 Å². The predicted octanol–water partition coefficient (Wildman–Crippen LogP) is 3.04. The van der Waals surface area contributed by atoms with Crippen molar-refractivity contribution in [3.63, 3.8) is 0 Å². The Morgan fingerprint density at radius 2 is 1.84 bits per heavy atom. The van der Waals surface area contributed by atoms with E-state index in [1.54, 1.807) is 55.5 Å². The van der Waals surface area contributed by atoms with Gasteiger partial charge in [0.05, 0.1) is 24.1 Å². The number of amides is 1. The lowest BCUT2D eigenvalue weighted by atomic mass is 10.1. The summed E-state index contributed by atoms with van der Waals surface area (Å²) in [5, 5.41) is 12.5. The van der Waals surface area contributed by atoms with E-state index in [0.717, 1.165) is 11.1 Å². The third-order valence-electron chi connectivity index (χ3n) is 4.65. The predicted molar refractivity (Wildman–Crippen MR) is 122 cm³/mol. The Kier molecular flexibility index (Phi) is 7.62. The molecular weight excluding hydrogens is 410 g/mol. The summed E-state index contributed by atoms with van der Waals surface area (Å²) < 4.78 is 10.9. The Morgan fingerprint density at radius 1 is 1.12 bits per heavy atom. The molecule has 32 heavy (non-hydrogen) atoms. The number of nitrogens with zero attached hydrogens (tertiary/aromatic N) is 1. The number of hydrogen-bond acceptors (Lipinski definition) is 6. The van der Waals surface area contributed by atoms with E-state index in [0.29, 0.717) is 35.9 Å². The lowest BCUT2D eigenvalue weighted by molar-refractivity contribution is -0.123. The molecule has 0 bridgehead atoms. The zero-order valence-electron chi connectivity index (χ0n) is 18.3. The van der Waals surface area contributed by atoms with Crippen molar-refractivity contribution in [3.8, 4) is 34.0 Å². The lowest BCUT2D eigenvalue weighted by Gasteiger charge is -2.10. The molecule has 8 heteroatoms. The molecule has 1 aromatic heterocycles. The molecule has 0 fully saturated rings. The summed E-state index contributed by atoms with van der Waals surface area (Å²) in [6.45, 7) is 6.44. The van der Waals surface area contributed by atoms with E-state index in [4.69, 9.17) is 9.47 Å². The summed E-state index contributed by atoms with van der Waals surface area (Å²) in [5.74, 6) is 0.494. The van der Waals surface area contributed by atoms with Crippen molar-refractivity contribution in [1.82, 2.24) is 15.3 Å². The molecule has 168 valence electrons. The van der Waals surface area contributed by atoms with E-state index in [9.17, 15) is 14.7 Å². The van der Waals surface area contributed by atoms with Crippen molar-refractivity contribution < 1.29 is 19.4 Å². The highest BCUT2D eigenvalue weighted by molar-refractivity contribution is 5.77. The Bertz CT molecular complexity index is 1120. The van der Waals surface area contributed by atoms with Gasteiger partial charge in [0.25, 0.3) is 5.91 Å². The van der Waals surface area contributed by atoms with Crippen LogP contribution in [0.1, 0.15) is 19.4 Å². The Labute approximate surface area is 186 Å². The van der Waals surface area contributed by atoms with Crippen LogP contribution in [0.25, 0.3) is 22.5 Å². The first-order valence-corrected chi connectivity index (χ1v) is 10.3. The fourth-order valence-corrected chi connectivity index (χ4v) is 2.99. The molecule has 0 aliphatic heterocycles. The minimum Gasteiger partial charge on any atom is -0.508 e. The van der Waals surface area contributed by atoms with E-state index in [2.05, 4.69) is 15.3 Å². The average Bonchev–Trinajstić information content (AvgIpc) is 2.77. The molecule has 2 aromatic carbocycles. The lowest BCUT2D eigenvalue weighted by Crippen LogP contribution is -2.32. The number of carbonyl (C=O) groups is 1. The second-order valence-electron chi connectivity index (χ2n) is 7.57. The molecule has 0 saturated heterocycles. The number of hydrogen-bond donors (Lipinski definition) is 3. The monoisotopic (exact) mass is 437 g/mol. The summed E-state index contributed by atoms with van der Waals surface area (Å²) in [7, 11) is 0. The summed E-state index contributed by atoms with van der Waals surface area (Å²) in [6, 6.07) is 13.9. The molecular formula is C24H27N3O5. The summed E-state index contributed by atoms with van der Waals surface area (Å²) in [5.41, 5.74) is 2.83. The standard InChI is InChI=1S/C24H27N3O5/c1-15(2)31-11-10-25-23(29)14-32-19-7-4-17(5-8-19)20-13-21(27-24(30)26-20)18-6-9-22(28)16(3)12-18/h4-9,12-13,15,28H,10-11,14H2,1-3H3,(H,25,29)(H,26,27,30). The smallest absolute Gasteiger partial charge is 0.345 e. The molecule has 0 radical (unpaired) electrons. The molecule has 0 saturated carbocycles. The van der Waals surface area contributed by atoms with Crippen molar-refractivity contribution >= 4 is 5.91 Å². The van der Waals surface area contributed by atoms with Gasteiger partial charge in [-0.25, -0.2) is 4.79 Å². The van der Waals surface area contributed by atoms with Crippen LogP contribution in [-0.4, -0.2) is 46.8 Å². The zero-order valence-corrected chi connectivity index (χ0v) is 18.3. The van der Waals surface area contributed by atoms with Crippen LogP contribution in [0.4, 0.5) is 0 Å². The van der Waals surface area contributed by atoms with E-state index in [1.807, 2.05) is 13.8 Å². The number of aromatic nitrogens is 2. The molecule has 0 atom stereocenters. The Morgan fingerprint density at radius 3 is 2.53 bits per heavy atom. The number of nitrogens with one attached hydrogen (secondary N) is 2. The summed E-state index contributed by atoms with van der Waals surface area (Å²) in [4.78, 5) is 30.7. The average molecular weight is 437 g/mol. The van der Waals surface area contributed by atoms with Crippen LogP contribution in [-0.2, 0) is 9.53 Å². The quantitative estimate of drug-likeness (QED) is 0.444. The molecule has 1 heterocycles. The van der Waals surface area contributed by atoms with Gasteiger partial charge in [-0.15, -0.1) is 0 Å². The fraction of sp³-hybridized carbons (Fsp3) is 0.292. The molecule has 0 aliphatic rings. The highest BCUT2D eigenvalue weighted by atomic mass is 16.5. The van der Waals surface area contributed by atoms with Gasteiger partial charge in [0.2, 0.25) is 0 Å². The van der Waals surface area contributed by atoms with Crippen molar-refractivity contribution in [2.75, 3.05) is 19.8 Å². The van der Waals surface area contributed by atoms with Crippen LogP contribution in [0, 0.1) is 6.92 Å². The SMILES string of the molecule is Cc1cc(-c2cc(-c3ccc(OCC(=O)NCCOC(C)C)cc3)[nH]c(=O)n2)ccc1O. The van der Waals surface area contributed by atoms with Gasteiger partial charge >= 0.3 is 5.69 Å². The van der Waals surface area contributed by atoms with Crippen molar-refractivity contribution in [3.05, 3.63) is 64.6 Å². The summed E-state index contributed by atoms with van der Waals surface area (Å²) >= 11 is 0. The van der Waals surface area contributed by atoms with Gasteiger partial charge in [-0.1, -0.05) is 0 Å². The van der Waals surface area contributed by atoms with Gasteiger partial charge in [0, 0.05) is 12.1 Å². The molecule has 3 N–H and O–H groups in total. The van der Waals surface area contributed by atoms with Crippen LogP contribution in [0.3, 0.4) is 0 Å². The number of aromatic hydroxyl groups is 1. The summed E-state index contributed by atoms with van der Waals surface area (Å²) in [6.07, 6.45) is 0.123. The van der Waals surface area contributed by atoms with Crippen molar-refractivity contribution in [2.45, 2.75) is 26.9 Å². The fourth-order valence-electron chi connectivity index (χ4n) is 2.99. The number of aromatic amines is 1. The largest absolute Gasteiger partial charge is 0.508 e. The maximum absolute atomic E-state index is 12.1. The van der Waals surface area contributed by atoms with E-state index >= 15 is 0 Å². The first-order chi connectivity index (χ1) is 15.3. The highest BCUT2D eigenvalue weighted by Gasteiger charge is 2.08. The second kappa shape index (κ2) is 10.6. The van der Waals surface area contributed by atoms with Crippen LogP contribution in [0.15, 0.2) is 53.3 Å². The first-order valence-electron chi connectivity index (χ1n) is 10.3. The van der Waals surface area contributed by atoms with Gasteiger partial charge in [-0.2, -0.15) is 4.98 Å². The number of aryl methyl sites for hydroxylation is 1. The van der Waals surface area contributed by atoms with Crippen molar-refractivity contribution in [1.29, 1.82) is 0 Å². The van der Waals surface area contributed by atoms with Crippen LogP contribution in [0.2, 0.25) is 0 Å². The van der Waals surface area contributed by atoms with Gasteiger partial charge in [0.1, 0.15) is 11.5 Å². The minimum atomic E-state index is -0.471. The van der Waals surface area contributed by atoms with Crippen LogP contribution < -0.4 is 15.7 Å². The Hall–Kier alpha value is -3.65. The molecule has 3 aromatic rings. The normalized spacial score (nSPS) is 10.9. The molecule has 8 nitrogen and oxygen atoms in total. The number of H-pyrrole nitrogens is 1. The van der Waals surface area contributed by atoms with E-state index in [1.165, 1.54) is 0 Å². The number of rotatable bonds is 9. The molecule has 1 amide bonds. The third-order valence-corrected chi connectivity index (χ3v) is 4.65. The third kappa shape index (κ3) is 6.42. The zero-order chi connectivity index (χ0) is 23.1. The molecule has 0 spiro atoms. The maximum atomic E-state index is 12.1. The van der Waals surface area contributed by atoms with Crippen LogP contribution in [0.5, 0.6) is 11.5 Å². The number of benzene rings is 2. The first kappa shape index (κ1) is 23.0. The van der Waals surface area contributed by atoms with Gasteiger partial charge in [-0.3, -0.25) is 4.79 Å². The van der Waals surface area contributed by atoms with Gasteiger partial charge in [0.15, 0.2) is 6.61 Å². The van der Waals surface area contributed by atoms with Crippen LogP contribution >= 0.6 is 0 Å². The van der Waals surface area contributed by atoms with E-state index < -0.39 is 5.69 Å². The molecule has 3 rings (SSSR count). The maximum Gasteiger partial charge on any atom is 0.345 e. The molecule has 0 aliphatic carbocycles. The van der Waals surface area contributed by atoms with Gasteiger partial charge in [-0.05, 0) is 80.4 Å². The van der Waals surface area contributed by atoms with E-state index in [-0.39, 0.29) is 24.4 Å². The Balaban J connectivity index is 1.64. The number of phenols is 1. The number of phenolic OH excluding ortho intramolecular Hbond substituents is 1. The minimum absolute atomic E-state index is 0.0997. The number of ether oxygens (including phenoxy) is 2. The van der Waals surface area contributed by atoms with Crippen molar-refractivity contribution in [2.24, 2.45) is 0 Å². The second-order valence-corrected chi connectivity index (χ2v) is 7.57. The molecule has 0 unspecified atom stereocenters. The topological polar surface area (TPSA) is 114 Å². The number of carbonyl (C=O) groups excluding carboxylic acids is 1.